The molecule has 2 aliphatic heterocycles. The molecule has 2 saturated heterocycles. The molecule has 0 amide bonds. The maximum atomic E-state index is 13.5. The van der Waals surface area contributed by atoms with E-state index in [9.17, 15) is 21.6 Å². The second-order valence-corrected chi connectivity index (χ2v) is 12.5. The van der Waals surface area contributed by atoms with E-state index >= 15 is 0 Å². The average molecular weight is 528 g/mol. The van der Waals surface area contributed by atoms with Crippen molar-refractivity contribution in [3.05, 3.63) is 29.5 Å². The monoisotopic (exact) mass is 527 g/mol. The number of rotatable bonds is 7. The number of ether oxygens (including phenoxy) is 1. The number of piperidine rings is 1. The number of imidazole rings is 1. The Hall–Kier alpha value is -2.22. The molecule has 3 aliphatic rings. The molecule has 1 spiro atoms. The van der Waals surface area contributed by atoms with Gasteiger partial charge in [0.1, 0.15) is 11.6 Å². The molecule has 3 aromatic rings. The number of fused-ring (bicyclic) bond motifs is 1. The second-order valence-electron chi connectivity index (χ2n) is 9.77. The van der Waals surface area contributed by atoms with Crippen molar-refractivity contribution in [1.82, 2.24) is 19.1 Å². The van der Waals surface area contributed by atoms with Crippen LogP contribution < -0.4 is 9.62 Å². The summed E-state index contributed by atoms with van der Waals surface area (Å²) >= 11 is 0.816. The minimum atomic E-state index is -4.04. The third-order valence-corrected chi connectivity index (χ3v) is 9.82. The summed E-state index contributed by atoms with van der Waals surface area (Å²) in [6, 6.07) is 1.60. The summed E-state index contributed by atoms with van der Waals surface area (Å²) < 4.78 is 75.9. The number of nitrogens with zero attached hydrogens (tertiary/aromatic N) is 4. The lowest BCUT2D eigenvalue weighted by atomic mass is 9.77. The fraction of sp³-hybridized carbons (Fsp3) is 0.545. The number of sulfonamides is 1. The number of hydrogen-bond acceptors (Lipinski definition) is 7. The quantitative estimate of drug-likeness (QED) is 0.503. The number of halogens is 3. The fourth-order valence-corrected chi connectivity index (χ4v) is 6.99. The molecule has 1 aliphatic carbocycles. The van der Waals surface area contributed by atoms with E-state index in [1.165, 1.54) is 6.20 Å². The highest BCUT2D eigenvalue weighted by molar-refractivity contribution is 7.89. The molecule has 188 valence electrons. The molecule has 8 nitrogen and oxygen atoms in total. The average Bonchev–Trinajstić information content (AvgIpc) is 3.21. The van der Waals surface area contributed by atoms with E-state index in [1.807, 2.05) is 0 Å². The largest absolute Gasteiger partial charge is 0.380 e. The summed E-state index contributed by atoms with van der Waals surface area (Å²) in [6.45, 7) is 2.15. The number of pyridine rings is 1. The Morgan fingerprint density at radius 3 is 2.46 bits per heavy atom. The van der Waals surface area contributed by atoms with Crippen LogP contribution in [0.1, 0.15) is 37.0 Å². The number of hydrogen-bond donors (Lipinski definition) is 1. The standard InChI is InChI=1S/C22H24F3N5O3S2/c23-11-22(1-2-22)28-35(31,32)14-7-15(29-5-3-21(4-6-29)12-33-13-21)16-8-26-19(30(16)10-14)20-27-9-17(34-20)18(24)25/h7-10,18,28H,1-6,11-13H2. The van der Waals surface area contributed by atoms with Gasteiger partial charge < -0.3 is 9.64 Å². The van der Waals surface area contributed by atoms with Gasteiger partial charge in [0.25, 0.3) is 6.43 Å². The molecular weight excluding hydrogens is 503 g/mol. The fourth-order valence-electron chi connectivity index (χ4n) is 4.76. The molecule has 35 heavy (non-hydrogen) atoms. The van der Waals surface area contributed by atoms with E-state index in [0.717, 1.165) is 56.7 Å². The smallest absolute Gasteiger partial charge is 0.274 e. The van der Waals surface area contributed by atoms with Crippen LogP contribution in [-0.4, -0.2) is 61.3 Å². The lowest BCUT2D eigenvalue weighted by Gasteiger charge is -2.47. The zero-order valence-corrected chi connectivity index (χ0v) is 20.3. The van der Waals surface area contributed by atoms with Gasteiger partial charge in [-0.05, 0) is 31.7 Å². The van der Waals surface area contributed by atoms with Gasteiger partial charge in [-0.1, -0.05) is 0 Å². The highest BCUT2D eigenvalue weighted by Gasteiger charge is 2.47. The first-order valence-electron chi connectivity index (χ1n) is 11.4. The maximum absolute atomic E-state index is 13.5. The van der Waals surface area contributed by atoms with Crippen molar-refractivity contribution in [2.45, 2.75) is 42.5 Å². The van der Waals surface area contributed by atoms with Crippen molar-refractivity contribution in [3.63, 3.8) is 0 Å². The van der Waals surface area contributed by atoms with Crippen LogP contribution in [0.25, 0.3) is 16.3 Å². The first-order valence-corrected chi connectivity index (χ1v) is 13.7. The van der Waals surface area contributed by atoms with Crippen molar-refractivity contribution in [3.8, 4) is 10.8 Å². The van der Waals surface area contributed by atoms with Crippen LogP contribution in [0.3, 0.4) is 0 Å². The second kappa shape index (κ2) is 8.15. The molecule has 1 saturated carbocycles. The number of thiazole rings is 1. The Balaban J connectivity index is 1.44. The summed E-state index contributed by atoms with van der Waals surface area (Å²) in [5.74, 6) is 0.280. The van der Waals surface area contributed by atoms with Crippen molar-refractivity contribution in [2.24, 2.45) is 5.41 Å². The topological polar surface area (TPSA) is 88.8 Å². The van der Waals surface area contributed by atoms with Gasteiger partial charge in [-0.3, -0.25) is 4.40 Å². The van der Waals surface area contributed by atoms with Gasteiger partial charge in [-0.2, -0.15) is 0 Å². The maximum Gasteiger partial charge on any atom is 0.274 e. The number of anilines is 1. The Kier molecular flexibility index (Phi) is 5.40. The van der Waals surface area contributed by atoms with Crippen molar-refractivity contribution < 1.29 is 26.3 Å². The van der Waals surface area contributed by atoms with Crippen LogP contribution >= 0.6 is 11.3 Å². The lowest BCUT2D eigenvalue weighted by Crippen LogP contribution is -2.51. The molecule has 6 rings (SSSR count). The molecule has 0 bridgehead atoms. The van der Waals surface area contributed by atoms with Gasteiger partial charge in [-0.15, -0.1) is 11.3 Å². The van der Waals surface area contributed by atoms with Crippen LogP contribution in [0.5, 0.6) is 0 Å². The van der Waals surface area contributed by atoms with E-state index < -0.39 is 28.7 Å². The molecule has 1 N–H and O–H groups in total. The van der Waals surface area contributed by atoms with Crippen molar-refractivity contribution in [2.75, 3.05) is 37.9 Å². The molecule has 0 unspecified atom stereocenters. The van der Waals surface area contributed by atoms with Crippen LogP contribution in [0.15, 0.2) is 29.6 Å². The minimum absolute atomic E-state index is 0.0307. The molecule has 13 heteroatoms. The molecule has 5 heterocycles. The van der Waals surface area contributed by atoms with E-state index in [4.69, 9.17) is 4.74 Å². The summed E-state index contributed by atoms with van der Waals surface area (Å²) in [4.78, 5) is 10.4. The third kappa shape index (κ3) is 4.02. The molecule has 0 aromatic carbocycles. The predicted molar refractivity (Wildman–Crippen MR) is 124 cm³/mol. The summed E-state index contributed by atoms with van der Waals surface area (Å²) in [7, 11) is -4.04. The first kappa shape index (κ1) is 23.2. The van der Waals surface area contributed by atoms with Crippen LogP contribution in [0.2, 0.25) is 0 Å². The van der Waals surface area contributed by atoms with Gasteiger partial charge in [0.2, 0.25) is 10.0 Å². The van der Waals surface area contributed by atoms with E-state index in [0.29, 0.717) is 24.0 Å². The zero-order chi connectivity index (χ0) is 24.4. The van der Waals surface area contributed by atoms with Gasteiger partial charge in [0.15, 0.2) is 10.8 Å². The SMILES string of the molecule is O=S(=O)(NC1(CF)CC1)c1cc(N2CCC3(CC2)COC3)c2cnc(-c3ncc(C(F)F)s3)n2c1. The Morgan fingerprint density at radius 2 is 1.89 bits per heavy atom. The van der Waals surface area contributed by atoms with Crippen molar-refractivity contribution >= 4 is 32.6 Å². The Bertz CT molecular complexity index is 1370. The Morgan fingerprint density at radius 1 is 1.14 bits per heavy atom. The van der Waals surface area contributed by atoms with E-state index in [2.05, 4.69) is 19.6 Å². The third-order valence-electron chi connectivity index (χ3n) is 7.28. The van der Waals surface area contributed by atoms with E-state index in [1.54, 1.807) is 16.7 Å². The molecular formula is C22H24F3N5O3S2. The predicted octanol–water partition coefficient (Wildman–Crippen LogP) is 3.79. The van der Waals surface area contributed by atoms with Gasteiger partial charge >= 0.3 is 0 Å². The molecule has 0 atom stereocenters. The van der Waals surface area contributed by atoms with Gasteiger partial charge in [0, 0.05) is 30.9 Å². The Labute approximate surface area is 204 Å². The van der Waals surface area contributed by atoms with Crippen LogP contribution in [0.4, 0.5) is 18.9 Å². The highest BCUT2D eigenvalue weighted by atomic mass is 32.2. The summed E-state index contributed by atoms with van der Waals surface area (Å²) in [6.07, 6.45) is 4.20. The lowest BCUT2D eigenvalue weighted by molar-refractivity contribution is -0.124. The number of aromatic nitrogens is 3. The number of nitrogens with one attached hydrogen (secondary N) is 1. The van der Waals surface area contributed by atoms with Crippen LogP contribution in [0, 0.1) is 5.41 Å². The zero-order valence-electron chi connectivity index (χ0n) is 18.7. The minimum Gasteiger partial charge on any atom is -0.380 e. The molecule has 3 fully saturated rings. The summed E-state index contributed by atoms with van der Waals surface area (Å²) in [5, 5.41) is 0.264. The first-order chi connectivity index (χ1) is 16.7. The highest BCUT2D eigenvalue weighted by Crippen LogP contribution is 2.42. The normalized spacial score (nSPS) is 21.1. The van der Waals surface area contributed by atoms with Gasteiger partial charge in [0.05, 0.1) is 41.0 Å². The molecule has 3 aromatic heterocycles. The van der Waals surface area contributed by atoms with Crippen LogP contribution in [-0.2, 0) is 14.8 Å². The van der Waals surface area contributed by atoms with E-state index in [-0.39, 0.29) is 26.0 Å². The summed E-state index contributed by atoms with van der Waals surface area (Å²) in [5.41, 5.74) is 0.474. The molecule has 0 radical (unpaired) electrons. The van der Waals surface area contributed by atoms with Gasteiger partial charge in [-0.25, -0.2) is 36.3 Å². The van der Waals surface area contributed by atoms with Crippen molar-refractivity contribution in [1.29, 1.82) is 0 Å². The number of alkyl halides is 3.